The molecule has 0 spiro atoms. The van der Waals surface area contributed by atoms with Gasteiger partial charge in [0.15, 0.2) is 0 Å². The summed E-state index contributed by atoms with van der Waals surface area (Å²) >= 11 is 0. The van der Waals surface area contributed by atoms with Crippen molar-refractivity contribution in [2.45, 2.75) is 64.5 Å². The Balaban J connectivity index is 2.86. The molecular formula is C18H32Si3. The molecule has 1 aromatic carbocycles. The molecule has 1 aromatic rings. The van der Waals surface area contributed by atoms with Crippen LogP contribution < -0.4 is 0 Å². The van der Waals surface area contributed by atoms with Crippen LogP contribution in [0.5, 0.6) is 0 Å². The van der Waals surface area contributed by atoms with Crippen molar-refractivity contribution in [3.63, 3.8) is 0 Å². The van der Waals surface area contributed by atoms with E-state index in [0.717, 1.165) is 5.54 Å². The summed E-state index contributed by atoms with van der Waals surface area (Å²) in [6.45, 7) is 22.9. The van der Waals surface area contributed by atoms with Crippen molar-refractivity contribution < 1.29 is 0 Å². The Hall–Kier alpha value is -0.389. The minimum Gasteiger partial charge on any atom is -0.0765 e. The summed E-state index contributed by atoms with van der Waals surface area (Å²) in [7, 11) is -3.92. The lowest BCUT2D eigenvalue weighted by Crippen LogP contribution is -2.40. The Morgan fingerprint density at radius 1 is 0.714 bits per heavy atom. The van der Waals surface area contributed by atoms with E-state index in [1.54, 1.807) is 11.1 Å². The van der Waals surface area contributed by atoms with E-state index < -0.39 is 24.2 Å². The fraction of sp³-hybridized carbons (Fsp3) is 0.556. The van der Waals surface area contributed by atoms with Gasteiger partial charge in [-0.25, -0.2) is 0 Å². The highest BCUT2D eigenvalue weighted by Gasteiger charge is 2.46. The third kappa shape index (κ3) is 3.06. The molecule has 1 aliphatic rings. The van der Waals surface area contributed by atoms with Crippen LogP contribution in [0.3, 0.4) is 0 Å². The highest BCUT2D eigenvalue weighted by Crippen LogP contribution is 2.52. The Morgan fingerprint density at radius 2 is 1.24 bits per heavy atom. The van der Waals surface area contributed by atoms with Crippen LogP contribution in [0.4, 0.5) is 0 Å². The van der Waals surface area contributed by atoms with Gasteiger partial charge in [0.05, 0.1) is 24.2 Å². The first kappa shape index (κ1) is 17.0. The van der Waals surface area contributed by atoms with Crippen molar-refractivity contribution in [3.05, 3.63) is 40.6 Å². The standard InChI is InChI=1S/C18H32Si3/c1-19(2,3)16-14-12-10-11-13-15(14)17(20(4,5)6)18(16)21(7,8)9/h10-13,16H,1-9H3. The van der Waals surface area contributed by atoms with Crippen LogP contribution in [-0.2, 0) is 0 Å². The minimum atomic E-state index is -1.33. The third-order valence-corrected chi connectivity index (χ3v) is 11.6. The predicted molar refractivity (Wildman–Crippen MR) is 106 cm³/mol. The topological polar surface area (TPSA) is 0 Å². The molecule has 2 rings (SSSR count). The van der Waals surface area contributed by atoms with Gasteiger partial charge >= 0.3 is 0 Å². The summed E-state index contributed by atoms with van der Waals surface area (Å²) in [5.74, 6) is 0. The highest BCUT2D eigenvalue weighted by molar-refractivity contribution is 6.99. The van der Waals surface area contributed by atoms with Crippen LogP contribution in [0, 0.1) is 0 Å². The van der Waals surface area contributed by atoms with Gasteiger partial charge in [-0.15, -0.1) is 0 Å². The third-order valence-electron chi connectivity index (χ3n) is 4.52. The molecule has 0 radical (unpaired) electrons. The lowest BCUT2D eigenvalue weighted by Gasteiger charge is -2.36. The maximum atomic E-state index is 2.56. The molecule has 0 amide bonds. The van der Waals surface area contributed by atoms with Gasteiger partial charge in [-0.1, -0.05) is 93.6 Å². The van der Waals surface area contributed by atoms with Crippen molar-refractivity contribution in [2.24, 2.45) is 0 Å². The molecule has 0 aromatic heterocycles. The first-order valence-electron chi connectivity index (χ1n) is 8.19. The fourth-order valence-electron chi connectivity index (χ4n) is 3.94. The molecule has 0 nitrogen and oxygen atoms in total. The molecule has 0 N–H and O–H groups in total. The Labute approximate surface area is 134 Å². The maximum Gasteiger partial charge on any atom is 0.0778 e. The van der Waals surface area contributed by atoms with Crippen molar-refractivity contribution in [3.8, 4) is 0 Å². The zero-order valence-corrected chi connectivity index (χ0v) is 18.4. The highest BCUT2D eigenvalue weighted by atomic mass is 28.3. The second-order valence-corrected chi connectivity index (χ2v) is 25.0. The number of benzene rings is 1. The molecule has 1 aliphatic carbocycles. The summed E-state index contributed by atoms with van der Waals surface area (Å²) in [6, 6.07) is 9.32. The van der Waals surface area contributed by atoms with Crippen LogP contribution in [0.15, 0.2) is 29.5 Å². The Bertz CT molecular complexity index is 578. The van der Waals surface area contributed by atoms with Gasteiger partial charge in [-0.2, -0.15) is 0 Å². The van der Waals surface area contributed by atoms with E-state index >= 15 is 0 Å². The van der Waals surface area contributed by atoms with Gasteiger partial charge in [0, 0.05) is 0 Å². The summed E-state index contributed by atoms with van der Waals surface area (Å²) in [4.78, 5) is 0. The van der Waals surface area contributed by atoms with Gasteiger partial charge in [0.1, 0.15) is 0 Å². The summed E-state index contributed by atoms with van der Waals surface area (Å²) in [5.41, 5.74) is 4.02. The number of allylic oxidation sites excluding steroid dienone is 1. The molecule has 0 fully saturated rings. The number of hydrogen-bond acceptors (Lipinski definition) is 0. The van der Waals surface area contributed by atoms with Crippen LogP contribution in [0.2, 0.25) is 58.9 Å². The molecule has 1 atom stereocenters. The summed E-state index contributed by atoms with van der Waals surface area (Å²) in [6.07, 6.45) is 0. The monoisotopic (exact) mass is 332 g/mol. The van der Waals surface area contributed by atoms with Crippen LogP contribution in [0.1, 0.15) is 16.7 Å². The van der Waals surface area contributed by atoms with Crippen molar-refractivity contribution in [1.29, 1.82) is 0 Å². The molecule has 0 heterocycles. The number of rotatable bonds is 3. The zero-order chi connectivity index (χ0) is 16.2. The number of hydrogen-bond donors (Lipinski definition) is 0. The summed E-state index contributed by atoms with van der Waals surface area (Å²) in [5, 5.41) is 3.71. The SMILES string of the molecule is C[Si](C)(C)C1=C([Si](C)(C)C)C([Si](C)(C)C)c2ccccc21. The Kier molecular flexibility index (Phi) is 4.10. The first-order valence-corrected chi connectivity index (χ1v) is 18.8. The quantitative estimate of drug-likeness (QED) is 0.581. The normalized spacial score (nSPS) is 20.0. The predicted octanol–water partition coefficient (Wildman–Crippen LogP) is 6.17. The maximum absolute atomic E-state index is 2.56. The van der Waals surface area contributed by atoms with Crippen LogP contribution in [0.25, 0.3) is 5.20 Å². The molecule has 1 unspecified atom stereocenters. The molecule has 116 valence electrons. The van der Waals surface area contributed by atoms with Crippen molar-refractivity contribution in [2.75, 3.05) is 0 Å². The number of fused-ring (bicyclic) bond motifs is 1. The largest absolute Gasteiger partial charge is 0.0778 e. The van der Waals surface area contributed by atoms with E-state index in [2.05, 4.69) is 83.2 Å². The minimum absolute atomic E-state index is 0.752. The Morgan fingerprint density at radius 3 is 1.67 bits per heavy atom. The van der Waals surface area contributed by atoms with Gasteiger partial charge < -0.3 is 0 Å². The van der Waals surface area contributed by atoms with Crippen molar-refractivity contribution >= 4 is 29.4 Å². The van der Waals surface area contributed by atoms with Crippen LogP contribution >= 0.6 is 0 Å². The molecule has 0 saturated carbocycles. The van der Waals surface area contributed by atoms with E-state index in [1.807, 2.05) is 10.4 Å². The van der Waals surface area contributed by atoms with E-state index in [9.17, 15) is 0 Å². The molecular weight excluding hydrogens is 300 g/mol. The lowest BCUT2D eigenvalue weighted by atomic mass is 10.1. The van der Waals surface area contributed by atoms with Gasteiger partial charge in [-0.3, -0.25) is 0 Å². The average molecular weight is 333 g/mol. The van der Waals surface area contributed by atoms with Gasteiger partial charge in [0.25, 0.3) is 0 Å². The zero-order valence-electron chi connectivity index (χ0n) is 15.4. The molecule has 0 bridgehead atoms. The first-order chi connectivity index (χ1) is 9.35. The molecule has 0 saturated heterocycles. The molecule has 21 heavy (non-hydrogen) atoms. The fourth-order valence-corrected chi connectivity index (χ4v) is 15.0. The molecule has 3 heteroatoms. The second-order valence-electron chi connectivity index (χ2n) is 9.67. The van der Waals surface area contributed by atoms with Crippen LogP contribution in [-0.4, -0.2) is 24.2 Å². The van der Waals surface area contributed by atoms with E-state index in [0.29, 0.717) is 0 Å². The molecule has 0 aliphatic heterocycles. The van der Waals surface area contributed by atoms with E-state index in [-0.39, 0.29) is 0 Å². The summed E-state index contributed by atoms with van der Waals surface area (Å²) < 4.78 is 0. The second kappa shape index (κ2) is 5.07. The smallest absolute Gasteiger partial charge is 0.0765 e. The lowest BCUT2D eigenvalue weighted by molar-refractivity contribution is 1.12. The van der Waals surface area contributed by atoms with Gasteiger partial charge in [-0.05, 0) is 16.7 Å². The van der Waals surface area contributed by atoms with Gasteiger partial charge in [0.2, 0.25) is 0 Å². The average Bonchev–Trinajstić information content (AvgIpc) is 2.62. The van der Waals surface area contributed by atoms with Crippen molar-refractivity contribution in [1.82, 2.24) is 0 Å². The van der Waals surface area contributed by atoms with E-state index in [4.69, 9.17) is 0 Å². The van der Waals surface area contributed by atoms with E-state index in [1.165, 1.54) is 0 Å².